The summed E-state index contributed by atoms with van der Waals surface area (Å²) in [5, 5.41) is 4.02. The number of aromatic nitrogens is 1. The second-order valence-electron chi connectivity index (χ2n) is 6.04. The molecule has 1 aliphatic rings. The highest BCUT2D eigenvalue weighted by molar-refractivity contribution is 5.76. The van der Waals surface area contributed by atoms with E-state index in [1.807, 2.05) is 17.9 Å². The van der Waals surface area contributed by atoms with E-state index in [4.69, 9.17) is 10.3 Å². The van der Waals surface area contributed by atoms with Gasteiger partial charge in [-0.25, -0.2) is 0 Å². The van der Waals surface area contributed by atoms with Gasteiger partial charge in [-0.1, -0.05) is 18.0 Å². The molecule has 1 aromatic heterocycles. The van der Waals surface area contributed by atoms with Gasteiger partial charge in [-0.2, -0.15) is 0 Å². The number of hydrogen-bond donors (Lipinski definition) is 1. The smallest absolute Gasteiger partial charge is 0.222 e. The lowest BCUT2D eigenvalue weighted by Crippen LogP contribution is -2.48. The molecule has 0 bridgehead atoms. The van der Waals surface area contributed by atoms with Crippen LogP contribution in [0.25, 0.3) is 0 Å². The van der Waals surface area contributed by atoms with Crippen molar-refractivity contribution in [3.05, 3.63) is 17.5 Å². The van der Waals surface area contributed by atoms with E-state index in [9.17, 15) is 4.79 Å². The molecule has 2 N–H and O–H groups in total. The molecular formula is C16H28N4O2. The van der Waals surface area contributed by atoms with Crippen LogP contribution in [-0.2, 0) is 11.3 Å². The number of nitrogens with zero attached hydrogens (tertiary/aromatic N) is 3. The van der Waals surface area contributed by atoms with Gasteiger partial charge in [0.05, 0.1) is 5.69 Å². The van der Waals surface area contributed by atoms with E-state index in [2.05, 4.69) is 10.1 Å². The van der Waals surface area contributed by atoms with E-state index < -0.39 is 0 Å². The number of hydrogen-bond acceptors (Lipinski definition) is 5. The van der Waals surface area contributed by atoms with Crippen LogP contribution >= 0.6 is 0 Å². The summed E-state index contributed by atoms with van der Waals surface area (Å²) < 4.78 is 5.09. The van der Waals surface area contributed by atoms with Crippen molar-refractivity contribution in [3.8, 4) is 0 Å². The Balaban J connectivity index is 1.62. The van der Waals surface area contributed by atoms with E-state index in [0.29, 0.717) is 12.3 Å². The number of rotatable bonds is 8. The maximum atomic E-state index is 12.2. The third-order valence-corrected chi connectivity index (χ3v) is 4.13. The Kier molecular flexibility index (Phi) is 6.86. The van der Waals surface area contributed by atoms with Gasteiger partial charge in [0.25, 0.3) is 0 Å². The lowest BCUT2D eigenvalue weighted by molar-refractivity contribution is -0.133. The first-order chi connectivity index (χ1) is 10.7. The van der Waals surface area contributed by atoms with Crippen molar-refractivity contribution in [1.29, 1.82) is 0 Å². The zero-order chi connectivity index (χ0) is 15.8. The standard InChI is InChI=1S/C16H28N4O2/c1-14-12-15(18-22-14)13-19-8-10-20(11-9-19)16(21)6-4-2-3-5-7-17/h12H,2-11,13,17H2,1H3. The predicted molar refractivity (Wildman–Crippen MR) is 85.2 cm³/mol. The largest absolute Gasteiger partial charge is 0.361 e. The summed E-state index contributed by atoms with van der Waals surface area (Å²) in [4.78, 5) is 16.5. The van der Waals surface area contributed by atoms with Gasteiger partial charge in [-0.05, 0) is 26.3 Å². The number of amides is 1. The molecule has 2 rings (SSSR count). The molecular weight excluding hydrogens is 280 g/mol. The zero-order valence-corrected chi connectivity index (χ0v) is 13.6. The number of unbranched alkanes of at least 4 members (excludes halogenated alkanes) is 3. The Morgan fingerprint density at radius 2 is 1.95 bits per heavy atom. The van der Waals surface area contributed by atoms with Crippen LogP contribution in [0.4, 0.5) is 0 Å². The lowest BCUT2D eigenvalue weighted by atomic mass is 10.1. The molecule has 0 aliphatic carbocycles. The highest BCUT2D eigenvalue weighted by Gasteiger charge is 2.21. The van der Waals surface area contributed by atoms with Gasteiger partial charge in [-0.3, -0.25) is 9.69 Å². The molecule has 124 valence electrons. The predicted octanol–water partition coefficient (Wildman–Crippen LogP) is 1.54. The van der Waals surface area contributed by atoms with Gasteiger partial charge in [-0.15, -0.1) is 0 Å². The van der Waals surface area contributed by atoms with Gasteiger partial charge >= 0.3 is 0 Å². The molecule has 0 radical (unpaired) electrons. The van der Waals surface area contributed by atoms with E-state index in [1.165, 1.54) is 0 Å². The molecule has 6 heteroatoms. The second-order valence-corrected chi connectivity index (χ2v) is 6.04. The molecule has 0 atom stereocenters. The molecule has 0 spiro atoms. The summed E-state index contributed by atoms with van der Waals surface area (Å²) in [5.74, 6) is 1.14. The molecule has 1 amide bonds. The van der Waals surface area contributed by atoms with Gasteiger partial charge in [0, 0.05) is 45.2 Å². The van der Waals surface area contributed by atoms with Crippen molar-refractivity contribution in [2.24, 2.45) is 5.73 Å². The van der Waals surface area contributed by atoms with E-state index in [0.717, 1.165) is 76.4 Å². The van der Waals surface area contributed by atoms with Crippen LogP contribution in [0.15, 0.2) is 10.6 Å². The number of nitrogens with two attached hydrogens (primary N) is 1. The fraction of sp³-hybridized carbons (Fsp3) is 0.750. The minimum Gasteiger partial charge on any atom is -0.361 e. The number of aryl methyl sites for hydroxylation is 1. The average Bonchev–Trinajstić information content (AvgIpc) is 2.93. The fourth-order valence-corrected chi connectivity index (χ4v) is 2.81. The molecule has 1 fully saturated rings. The molecule has 0 unspecified atom stereocenters. The van der Waals surface area contributed by atoms with Crippen molar-refractivity contribution in [3.63, 3.8) is 0 Å². The summed E-state index contributed by atoms with van der Waals surface area (Å²) in [5.41, 5.74) is 6.44. The number of carbonyl (C=O) groups excluding carboxylic acids is 1. The summed E-state index contributed by atoms with van der Waals surface area (Å²) in [7, 11) is 0. The Bertz CT molecular complexity index is 453. The summed E-state index contributed by atoms with van der Waals surface area (Å²) >= 11 is 0. The Hall–Kier alpha value is -1.40. The Morgan fingerprint density at radius 1 is 1.23 bits per heavy atom. The Labute approximate surface area is 132 Å². The molecule has 6 nitrogen and oxygen atoms in total. The van der Waals surface area contributed by atoms with Crippen LogP contribution in [0.5, 0.6) is 0 Å². The van der Waals surface area contributed by atoms with E-state index in [-0.39, 0.29) is 0 Å². The molecule has 1 saturated heterocycles. The summed E-state index contributed by atoms with van der Waals surface area (Å²) in [6.45, 7) is 6.91. The summed E-state index contributed by atoms with van der Waals surface area (Å²) in [6, 6.07) is 1.97. The van der Waals surface area contributed by atoms with Crippen molar-refractivity contribution in [1.82, 2.24) is 15.0 Å². The Morgan fingerprint density at radius 3 is 2.59 bits per heavy atom. The molecule has 1 aromatic rings. The van der Waals surface area contributed by atoms with Gasteiger partial charge in [0.15, 0.2) is 0 Å². The van der Waals surface area contributed by atoms with Crippen LogP contribution in [0.1, 0.15) is 43.6 Å². The molecule has 1 aliphatic heterocycles. The van der Waals surface area contributed by atoms with Gasteiger partial charge in [0.1, 0.15) is 5.76 Å². The minimum absolute atomic E-state index is 0.296. The zero-order valence-electron chi connectivity index (χ0n) is 13.6. The van der Waals surface area contributed by atoms with Crippen molar-refractivity contribution < 1.29 is 9.32 Å². The molecule has 2 heterocycles. The quantitative estimate of drug-likeness (QED) is 0.737. The highest BCUT2D eigenvalue weighted by Crippen LogP contribution is 2.11. The van der Waals surface area contributed by atoms with Gasteiger partial charge in [0.2, 0.25) is 5.91 Å². The minimum atomic E-state index is 0.296. The van der Waals surface area contributed by atoms with Crippen molar-refractivity contribution in [2.75, 3.05) is 32.7 Å². The molecule has 0 saturated carbocycles. The molecule has 22 heavy (non-hydrogen) atoms. The number of carbonyl (C=O) groups is 1. The second kappa shape index (κ2) is 8.90. The van der Waals surface area contributed by atoms with Crippen molar-refractivity contribution >= 4 is 5.91 Å². The maximum Gasteiger partial charge on any atom is 0.222 e. The van der Waals surface area contributed by atoms with Crippen LogP contribution in [0, 0.1) is 6.92 Å². The van der Waals surface area contributed by atoms with Crippen LogP contribution in [0.3, 0.4) is 0 Å². The van der Waals surface area contributed by atoms with Crippen molar-refractivity contribution in [2.45, 2.75) is 45.6 Å². The highest BCUT2D eigenvalue weighted by atomic mass is 16.5. The third-order valence-electron chi connectivity index (χ3n) is 4.13. The SMILES string of the molecule is Cc1cc(CN2CCN(C(=O)CCCCCCN)CC2)no1. The first-order valence-corrected chi connectivity index (χ1v) is 8.31. The number of piperazine rings is 1. The van der Waals surface area contributed by atoms with Gasteiger partial charge < -0.3 is 15.2 Å². The van der Waals surface area contributed by atoms with E-state index >= 15 is 0 Å². The first kappa shape index (κ1) is 17.0. The fourth-order valence-electron chi connectivity index (χ4n) is 2.81. The monoisotopic (exact) mass is 308 g/mol. The van der Waals surface area contributed by atoms with Crippen LogP contribution < -0.4 is 5.73 Å². The average molecular weight is 308 g/mol. The lowest BCUT2D eigenvalue weighted by Gasteiger charge is -2.34. The first-order valence-electron chi connectivity index (χ1n) is 8.31. The summed E-state index contributed by atoms with van der Waals surface area (Å²) in [6.07, 6.45) is 4.96. The topological polar surface area (TPSA) is 75.6 Å². The molecule has 0 aromatic carbocycles. The van der Waals surface area contributed by atoms with Crippen LogP contribution in [-0.4, -0.2) is 53.6 Å². The normalized spacial score (nSPS) is 16.2. The maximum absolute atomic E-state index is 12.2. The van der Waals surface area contributed by atoms with Crippen LogP contribution in [0.2, 0.25) is 0 Å². The van der Waals surface area contributed by atoms with E-state index in [1.54, 1.807) is 0 Å². The third kappa shape index (κ3) is 5.42.